The SMILES string of the molecule is COc1cc([N+](=O)[O-])c(C(O)C(C)C)cc1OCCCNC(=O)OC(C)(C)C. The number of amides is 1. The molecule has 0 bridgehead atoms. The van der Waals surface area contributed by atoms with Crippen molar-refractivity contribution in [1.82, 2.24) is 5.32 Å². The van der Waals surface area contributed by atoms with Crippen LogP contribution in [0.15, 0.2) is 12.1 Å². The van der Waals surface area contributed by atoms with Crippen LogP contribution in [0, 0.1) is 16.0 Å². The summed E-state index contributed by atoms with van der Waals surface area (Å²) in [5, 5.41) is 24.3. The highest BCUT2D eigenvalue weighted by Gasteiger charge is 2.26. The predicted octanol–water partition coefficient (Wildman–Crippen LogP) is 3.59. The Hall–Kier alpha value is -2.55. The molecule has 0 aliphatic heterocycles. The number of rotatable bonds is 9. The molecule has 28 heavy (non-hydrogen) atoms. The molecule has 1 aromatic rings. The summed E-state index contributed by atoms with van der Waals surface area (Å²) in [5.41, 5.74) is -0.625. The number of carbonyl (C=O) groups excluding carboxylic acids is 1. The lowest BCUT2D eigenvalue weighted by Crippen LogP contribution is -2.33. The zero-order chi connectivity index (χ0) is 21.5. The van der Waals surface area contributed by atoms with Crippen molar-refractivity contribution in [3.63, 3.8) is 0 Å². The number of carbonyl (C=O) groups is 1. The second kappa shape index (κ2) is 10.1. The number of hydrogen-bond donors (Lipinski definition) is 2. The number of nitrogens with zero attached hydrogens (tertiary/aromatic N) is 1. The van der Waals surface area contributed by atoms with E-state index in [0.717, 1.165) is 0 Å². The smallest absolute Gasteiger partial charge is 0.407 e. The number of nitro benzene ring substituents is 1. The summed E-state index contributed by atoms with van der Waals surface area (Å²) in [6.07, 6.45) is -1.04. The van der Waals surface area contributed by atoms with Crippen molar-refractivity contribution in [2.24, 2.45) is 5.92 Å². The molecule has 0 heterocycles. The molecule has 9 heteroatoms. The first-order valence-electron chi connectivity index (χ1n) is 9.10. The topological polar surface area (TPSA) is 120 Å². The molecule has 2 N–H and O–H groups in total. The van der Waals surface area contributed by atoms with Crippen molar-refractivity contribution in [2.75, 3.05) is 20.3 Å². The van der Waals surface area contributed by atoms with E-state index in [1.807, 2.05) is 0 Å². The first kappa shape index (κ1) is 23.5. The van der Waals surface area contributed by atoms with Gasteiger partial charge in [0.15, 0.2) is 11.5 Å². The molecule has 0 aliphatic carbocycles. The van der Waals surface area contributed by atoms with E-state index in [0.29, 0.717) is 18.7 Å². The van der Waals surface area contributed by atoms with Crippen LogP contribution < -0.4 is 14.8 Å². The molecule has 0 aliphatic rings. The van der Waals surface area contributed by atoms with Crippen molar-refractivity contribution in [1.29, 1.82) is 0 Å². The van der Waals surface area contributed by atoms with Crippen LogP contribution >= 0.6 is 0 Å². The molecule has 0 aromatic heterocycles. The Balaban J connectivity index is 2.78. The highest BCUT2D eigenvalue weighted by atomic mass is 16.6. The molecule has 1 rings (SSSR count). The third-order valence-corrected chi connectivity index (χ3v) is 3.71. The average Bonchev–Trinajstić information content (AvgIpc) is 2.58. The molecule has 0 fully saturated rings. The largest absolute Gasteiger partial charge is 0.493 e. The molecule has 1 aromatic carbocycles. The Morgan fingerprint density at radius 3 is 2.43 bits per heavy atom. The third kappa shape index (κ3) is 7.22. The van der Waals surface area contributed by atoms with Gasteiger partial charge in [0.1, 0.15) is 5.60 Å². The van der Waals surface area contributed by atoms with Gasteiger partial charge in [0.2, 0.25) is 0 Å². The minimum Gasteiger partial charge on any atom is -0.493 e. The number of nitrogens with one attached hydrogen (secondary N) is 1. The van der Waals surface area contributed by atoms with Gasteiger partial charge in [0.05, 0.1) is 36.4 Å². The number of methoxy groups -OCH3 is 1. The number of aliphatic hydroxyl groups is 1. The summed E-state index contributed by atoms with van der Waals surface area (Å²) < 4.78 is 16.0. The Morgan fingerprint density at radius 1 is 1.29 bits per heavy atom. The second-order valence-corrected chi connectivity index (χ2v) is 7.64. The number of aliphatic hydroxyl groups excluding tert-OH is 1. The lowest BCUT2D eigenvalue weighted by Gasteiger charge is -2.20. The minimum absolute atomic E-state index is 0.169. The fraction of sp³-hybridized carbons (Fsp3) is 0.632. The second-order valence-electron chi connectivity index (χ2n) is 7.64. The molecule has 0 saturated carbocycles. The molecular formula is C19H30N2O7. The predicted molar refractivity (Wildman–Crippen MR) is 104 cm³/mol. The van der Waals surface area contributed by atoms with Gasteiger partial charge >= 0.3 is 6.09 Å². The van der Waals surface area contributed by atoms with Crippen LogP contribution in [0.3, 0.4) is 0 Å². The van der Waals surface area contributed by atoms with Crippen LogP contribution in [0.25, 0.3) is 0 Å². The van der Waals surface area contributed by atoms with E-state index in [2.05, 4.69) is 5.32 Å². The van der Waals surface area contributed by atoms with Crippen molar-refractivity contribution in [3.05, 3.63) is 27.8 Å². The monoisotopic (exact) mass is 398 g/mol. The Morgan fingerprint density at radius 2 is 1.93 bits per heavy atom. The van der Waals surface area contributed by atoms with Crippen molar-refractivity contribution in [2.45, 2.75) is 52.7 Å². The standard InChI is InChI=1S/C19H30N2O7/c1-12(2)17(22)13-10-16(15(26-6)11-14(13)21(24)25)27-9-7-8-20-18(23)28-19(3,4)5/h10-12,17,22H,7-9H2,1-6H3,(H,20,23). The van der Waals surface area contributed by atoms with E-state index in [1.54, 1.807) is 34.6 Å². The maximum atomic E-state index is 11.6. The summed E-state index contributed by atoms with van der Waals surface area (Å²) in [6.45, 7) is 9.44. The maximum absolute atomic E-state index is 11.6. The van der Waals surface area contributed by atoms with Crippen LogP contribution in [0.5, 0.6) is 11.5 Å². The molecule has 1 atom stereocenters. The Kier molecular flexibility index (Phi) is 8.49. The first-order valence-corrected chi connectivity index (χ1v) is 9.10. The van der Waals surface area contributed by atoms with Gasteiger partial charge in [0, 0.05) is 6.54 Å². The third-order valence-electron chi connectivity index (χ3n) is 3.71. The normalized spacial score (nSPS) is 12.4. The number of ether oxygens (including phenoxy) is 3. The lowest BCUT2D eigenvalue weighted by atomic mass is 9.97. The maximum Gasteiger partial charge on any atom is 0.407 e. The fourth-order valence-electron chi connectivity index (χ4n) is 2.35. The van der Waals surface area contributed by atoms with Crippen molar-refractivity contribution < 1.29 is 29.0 Å². The summed E-state index contributed by atoms with van der Waals surface area (Å²) in [5.74, 6) is 0.282. The van der Waals surface area contributed by atoms with E-state index < -0.39 is 22.7 Å². The number of nitro groups is 1. The van der Waals surface area contributed by atoms with Gasteiger partial charge in [-0.05, 0) is 39.2 Å². The van der Waals surface area contributed by atoms with Gasteiger partial charge in [-0.1, -0.05) is 13.8 Å². The van der Waals surface area contributed by atoms with E-state index in [9.17, 15) is 20.0 Å². The molecule has 158 valence electrons. The van der Waals surface area contributed by atoms with Gasteiger partial charge < -0.3 is 24.6 Å². The molecule has 0 spiro atoms. The Bertz CT molecular complexity index is 684. The van der Waals surface area contributed by atoms with Crippen molar-refractivity contribution >= 4 is 11.8 Å². The fourth-order valence-corrected chi connectivity index (χ4v) is 2.35. The van der Waals surface area contributed by atoms with Crippen LogP contribution in [-0.2, 0) is 4.74 Å². The number of benzene rings is 1. The highest BCUT2D eigenvalue weighted by Crippen LogP contribution is 2.39. The average molecular weight is 398 g/mol. The van der Waals surface area contributed by atoms with Gasteiger partial charge in [-0.3, -0.25) is 10.1 Å². The molecule has 1 amide bonds. The number of alkyl carbamates (subject to hydrolysis) is 1. The first-order chi connectivity index (χ1) is 13.0. The van der Waals surface area contributed by atoms with Crippen LogP contribution in [-0.4, -0.2) is 42.0 Å². The highest BCUT2D eigenvalue weighted by molar-refractivity contribution is 5.67. The molecule has 9 nitrogen and oxygen atoms in total. The summed E-state index contributed by atoms with van der Waals surface area (Å²) >= 11 is 0. The van der Waals surface area contributed by atoms with E-state index in [1.165, 1.54) is 19.2 Å². The zero-order valence-electron chi connectivity index (χ0n) is 17.3. The summed E-state index contributed by atoms with van der Waals surface area (Å²) in [4.78, 5) is 22.4. The van der Waals surface area contributed by atoms with E-state index >= 15 is 0 Å². The van der Waals surface area contributed by atoms with Gasteiger partial charge in [-0.2, -0.15) is 0 Å². The van der Waals surface area contributed by atoms with Gasteiger partial charge in [-0.25, -0.2) is 4.79 Å². The lowest BCUT2D eigenvalue weighted by molar-refractivity contribution is -0.386. The molecule has 0 saturated heterocycles. The van der Waals surface area contributed by atoms with Crippen LogP contribution in [0.2, 0.25) is 0 Å². The molecule has 0 radical (unpaired) electrons. The van der Waals surface area contributed by atoms with Gasteiger partial charge in [0.25, 0.3) is 5.69 Å². The quantitative estimate of drug-likeness (QED) is 0.370. The van der Waals surface area contributed by atoms with Crippen LogP contribution in [0.4, 0.5) is 10.5 Å². The number of hydrogen-bond acceptors (Lipinski definition) is 7. The van der Waals surface area contributed by atoms with Crippen molar-refractivity contribution in [3.8, 4) is 11.5 Å². The molecular weight excluding hydrogens is 368 g/mol. The zero-order valence-corrected chi connectivity index (χ0v) is 17.3. The van der Waals surface area contributed by atoms with E-state index in [4.69, 9.17) is 14.2 Å². The summed E-state index contributed by atoms with van der Waals surface area (Å²) in [6, 6.07) is 2.68. The minimum atomic E-state index is -1.01. The van der Waals surface area contributed by atoms with Gasteiger partial charge in [-0.15, -0.1) is 0 Å². The summed E-state index contributed by atoms with van der Waals surface area (Å²) in [7, 11) is 1.38. The van der Waals surface area contributed by atoms with Crippen LogP contribution in [0.1, 0.15) is 52.7 Å². The van der Waals surface area contributed by atoms with E-state index in [-0.39, 0.29) is 29.5 Å². The molecule has 1 unspecified atom stereocenters. The Labute approximate surface area is 165 Å².